The summed E-state index contributed by atoms with van der Waals surface area (Å²) >= 11 is 0. The number of nitrogens with zero attached hydrogens (tertiary/aromatic N) is 2. The smallest absolute Gasteiger partial charge is 0.410 e. The van der Waals surface area contributed by atoms with Crippen LogP contribution >= 0.6 is 0 Å². The summed E-state index contributed by atoms with van der Waals surface area (Å²) in [5, 5.41) is 3.51. The molecule has 4 rings (SSSR count). The summed E-state index contributed by atoms with van der Waals surface area (Å²) in [7, 11) is 0. The molecule has 1 unspecified atom stereocenters. The highest BCUT2D eigenvalue weighted by Gasteiger charge is 2.35. The van der Waals surface area contributed by atoms with Gasteiger partial charge in [0.15, 0.2) is 0 Å². The van der Waals surface area contributed by atoms with E-state index >= 15 is 0 Å². The Morgan fingerprint density at radius 2 is 2.00 bits per heavy atom. The molecule has 2 aromatic carbocycles. The Bertz CT molecular complexity index is 1010. The number of nitrogens with one attached hydrogen (secondary N) is 1. The average Bonchev–Trinajstić information content (AvgIpc) is 3.57. The maximum atomic E-state index is 13.5. The van der Waals surface area contributed by atoms with Gasteiger partial charge in [0.1, 0.15) is 11.6 Å². The SMILES string of the molecule is CC(=O)N1c2ccc(C(CN)CNC3CC3)cc2N(C(=O)Oc2cccc(F)c2)C[C@@H]1C. The monoisotopic (exact) mass is 440 g/mol. The van der Waals surface area contributed by atoms with Crippen LogP contribution in [0.5, 0.6) is 5.75 Å². The van der Waals surface area contributed by atoms with Gasteiger partial charge in [-0.15, -0.1) is 0 Å². The molecule has 2 aromatic rings. The zero-order valence-electron chi connectivity index (χ0n) is 18.4. The molecule has 8 heteroatoms. The van der Waals surface area contributed by atoms with Crippen molar-refractivity contribution in [2.24, 2.45) is 5.73 Å². The first-order chi connectivity index (χ1) is 15.4. The number of hydrogen-bond acceptors (Lipinski definition) is 5. The fraction of sp³-hybridized carbons (Fsp3) is 0.417. The van der Waals surface area contributed by atoms with Gasteiger partial charge >= 0.3 is 6.09 Å². The molecule has 3 N–H and O–H groups in total. The van der Waals surface area contributed by atoms with Crippen LogP contribution in [-0.2, 0) is 4.79 Å². The van der Waals surface area contributed by atoms with Crippen LogP contribution in [0.1, 0.15) is 38.2 Å². The summed E-state index contributed by atoms with van der Waals surface area (Å²) in [6.07, 6.45) is 1.75. The van der Waals surface area contributed by atoms with E-state index in [1.54, 1.807) is 4.90 Å². The lowest BCUT2D eigenvalue weighted by Gasteiger charge is -2.40. The van der Waals surface area contributed by atoms with Gasteiger partial charge < -0.3 is 20.7 Å². The van der Waals surface area contributed by atoms with Crippen LogP contribution in [0.3, 0.4) is 0 Å². The molecule has 2 aliphatic rings. The van der Waals surface area contributed by atoms with E-state index in [4.69, 9.17) is 10.5 Å². The van der Waals surface area contributed by atoms with Crippen molar-refractivity contribution in [3.63, 3.8) is 0 Å². The molecule has 32 heavy (non-hydrogen) atoms. The molecule has 0 bridgehead atoms. The third-order valence-corrected chi connectivity index (χ3v) is 5.98. The van der Waals surface area contributed by atoms with Crippen molar-refractivity contribution in [1.29, 1.82) is 0 Å². The van der Waals surface area contributed by atoms with Gasteiger partial charge in [-0.05, 0) is 49.6 Å². The van der Waals surface area contributed by atoms with E-state index in [0.717, 1.165) is 12.1 Å². The first-order valence-electron chi connectivity index (χ1n) is 11.0. The maximum Gasteiger partial charge on any atom is 0.419 e. The maximum absolute atomic E-state index is 13.5. The van der Waals surface area contributed by atoms with Gasteiger partial charge in [-0.2, -0.15) is 0 Å². The molecule has 1 heterocycles. The van der Waals surface area contributed by atoms with Crippen molar-refractivity contribution in [1.82, 2.24) is 5.32 Å². The number of fused-ring (bicyclic) bond motifs is 1. The number of halogens is 1. The van der Waals surface area contributed by atoms with E-state index in [1.807, 2.05) is 25.1 Å². The first-order valence-corrected chi connectivity index (χ1v) is 11.0. The molecule has 2 atom stereocenters. The fourth-order valence-corrected chi connectivity index (χ4v) is 4.17. The lowest BCUT2D eigenvalue weighted by molar-refractivity contribution is -0.117. The predicted octanol–water partition coefficient (Wildman–Crippen LogP) is 3.38. The van der Waals surface area contributed by atoms with E-state index in [9.17, 15) is 14.0 Å². The summed E-state index contributed by atoms with van der Waals surface area (Å²) in [6, 6.07) is 11.5. The minimum atomic E-state index is -0.621. The Balaban J connectivity index is 1.66. The Morgan fingerprint density at radius 1 is 1.22 bits per heavy atom. The third kappa shape index (κ3) is 4.76. The predicted molar refractivity (Wildman–Crippen MR) is 122 cm³/mol. The average molecular weight is 441 g/mol. The van der Waals surface area contributed by atoms with Gasteiger partial charge in [0.2, 0.25) is 5.91 Å². The van der Waals surface area contributed by atoms with Crippen molar-refractivity contribution >= 4 is 23.4 Å². The Hall–Kier alpha value is -2.97. The van der Waals surface area contributed by atoms with E-state index in [2.05, 4.69) is 5.32 Å². The molecule has 7 nitrogen and oxygen atoms in total. The minimum Gasteiger partial charge on any atom is -0.410 e. The number of amides is 2. The second-order valence-corrected chi connectivity index (χ2v) is 8.54. The Labute approximate surface area is 187 Å². The number of benzene rings is 2. The zero-order chi connectivity index (χ0) is 22.8. The lowest BCUT2D eigenvalue weighted by atomic mass is 9.96. The van der Waals surface area contributed by atoms with Crippen LogP contribution in [0, 0.1) is 5.82 Å². The summed E-state index contributed by atoms with van der Waals surface area (Å²) in [4.78, 5) is 28.6. The van der Waals surface area contributed by atoms with Gasteiger partial charge in [0, 0.05) is 44.6 Å². The summed E-state index contributed by atoms with van der Waals surface area (Å²) in [5.74, 6) is -0.382. The van der Waals surface area contributed by atoms with Crippen molar-refractivity contribution in [3.05, 3.63) is 53.8 Å². The molecule has 1 fully saturated rings. The van der Waals surface area contributed by atoms with Crippen LogP contribution < -0.4 is 25.6 Å². The second kappa shape index (κ2) is 9.26. The molecular weight excluding hydrogens is 411 g/mol. The Kier molecular flexibility index (Phi) is 6.43. The van der Waals surface area contributed by atoms with Crippen LogP contribution in [0.4, 0.5) is 20.6 Å². The molecule has 0 saturated heterocycles. The summed E-state index contributed by atoms with van der Waals surface area (Å²) in [5.41, 5.74) is 8.26. The van der Waals surface area contributed by atoms with Crippen LogP contribution in [0.25, 0.3) is 0 Å². The molecule has 170 valence electrons. The second-order valence-electron chi connectivity index (χ2n) is 8.54. The first kappa shape index (κ1) is 22.2. The van der Waals surface area contributed by atoms with Gasteiger partial charge in [-0.3, -0.25) is 9.69 Å². The standard InChI is InChI=1S/C24H29FN4O3/c1-15-14-28(24(31)32-21-5-3-4-19(25)11-21)23-10-17(6-9-22(23)29(15)16(2)30)18(12-26)13-27-20-7-8-20/h3-6,9-11,15,18,20,27H,7-8,12-14,26H2,1-2H3/t15-,18?/m0/s1. The number of anilines is 2. The van der Waals surface area contributed by atoms with Crippen LogP contribution in [-0.4, -0.2) is 43.7 Å². The van der Waals surface area contributed by atoms with Crippen LogP contribution in [0.15, 0.2) is 42.5 Å². The number of hydrogen-bond donors (Lipinski definition) is 2. The molecule has 0 spiro atoms. The number of nitrogens with two attached hydrogens (primary N) is 1. The van der Waals surface area contributed by atoms with E-state index in [-0.39, 0.29) is 30.2 Å². The Morgan fingerprint density at radius 3 is 2.66 bits per heavy atom. The van der Waals surface area contributed by atoms with Crippen molar-refractivity contribution < 1.29 is 18.7 Å². The quantitative estimate of drug-likeness (QED) is 0.719. The van der Waals surface area contributed by atoms with Crippen molar-refractivity contribution in [3.8, 4) is 5.75 Å². The van der Waals surface area contributed by atoms with Crippen molar-refractivity contribution in [2.75, 3.05) is 29.4 Å². The van der Waals surface area contributed by atoms with Gasteiger partial charge in [0.25, 0.3) is 0 Å². The molecule has 1 saturated carbocycles. The molecule has 1 aliphatic heterocycles. The van der Waals surface area contributed by atoms with E-state index in [0.29, 0.717) is 24.0 Å². The highest BCUT2D eigenvalue weighted by molar-refractivity contribution is 6.02. The largest absolute Gasteiger partial charge is 0.419 e. The number of ether oxygens (including phenoxy) is 1. The third-order valence-electron chi connectivity index (χ3n) is 5.98. The van der Waals surface area contributed by atoms with E-state index < -0.39 is 11.9 Å². The van der Waals surface area contributed by atoms with Crippen LogP contribution in [0.2, 0.25) is 0 Å². The van der Waals surface area contributed by atoms with Crippen molar-refractivity contribution in [2.45, 2.75) is 44.7 Å². The molecule has 2 amide bonds. The fourth-order valence-electron chi connectivity index (χ4n) is 4.17. The highest BCUT2D eigenvalue weighted by Crippen LogP contribution is 2.38. The highest BCUT2D eigenvalue weighted by atomic mass is 19.1. The molecule has 1 aliphatic carbocycles. The number of carbonyl (C=O) groups is 2. The topological polar surface area (TPSA) is 87.9 Å². The normalized spacial score (nSPS) is 18.8. The van der Waals surface area contributed by atoms with E-state index in [1.165, 1.54) is 48.9 Å². The molecular formula is C24H29FN4O3. The lowest BCUT2D eigenvalue weighted by Crippen LogP contribution is -2.52. The summed E-state index contributed by atoms with van der Waals surface area (Å²) < 4.78 is 19.0. The summed E-state index contributed by atoms with van der Waals surface area (Å²) in [6.45, 7) is 4.86. The number of carbonyl (C=O) groups excluding carboxylic acids is 2. The van der Waals surface area contributed by atoms with Gasteiger partial charge in [0.05, 0.1) is 17.4 Å². The molecule has 0 radical (unpaired) electrons. The van der Waals surface area contributed by atoms with Gasteiger partial charge in [-0.1, -0.05) is 12.1 Å². The number of rotatable bonds is 6. The van der Waals surface area contributed by atoms with Gasteiger partial charge in [-0.25, -0.2) is 9.18 Å². The minimum absolute atomic E-state index is 0.0760. The molecule has 0 aromatic heterocycles. The zero-order valence-corrected chi connectivity index (χ0v) is 18.4.